The Labute approximate surface area is 153 Å². The largest absolute Gasteiger partial charge is 0.496 e. The molecule has 7 nitrogen and oxygen atoms in total. The smallest absolute Gasteiger partial charge is 0.254 e. The van der Waals surface area contributed by atoms with Gasteiger partial charge in [0.1, 0.15) is 22.9 Å². The SMILES string of the molecule is CNC(=O)c1cc2c(Oc3ccc(Cl)c(N=O)c3)ccnc2cc1OC. The van der Waals surface area contributed by atoms with Gasteiger partial charge in [-0.15, -0.1) is 4.91 Å². The molecule has 2 aromatic carbocycles. The molecule has 0 atom stereocenters. The lowest BCUT2D eigenvalue weighted by Crippen LogP contribution is -2.18. The van der Waals surface area contributed by atoms with Gasteiger partial charge in [-0.3, -0.25) is 9.78 Å². The number of carbonyl (C=O) groups is 1. The molecule has 0 fully saturated rings. The van der Waals surface area contributed by atoms with Crippen molar-refractivity contribution in [2.75, 3.05) is 14.2 Å². The highest BCUT2D eigenvalue weighted by Gasteiger charge is 2.15. The van der Waals surface area contributed by atoms with Gasteiger partial charge in [0.05, 0.1) is 23.2 Å². The van der Waals surface area contributed by atoms with E-state index in [0.29, 0.717) is 33.7 Å². The Hall–Kier alpha value is -3.19. The number of nitroso groups, excluding NO2 is 1. The number of fused-ring (bicyclic) bond motifs is 1. The van der Waals surface area contributed by atoms with Crippen LogP contribution in [0.4, 0.5) is 5.69 Å². The van der Waals surface area contributed by atoms with Crippen molar-refractivity contribution >= 4 is 34.1 Å². The number of benzene rings is 2. The summed E-state index contributed by atoms with van der Waals surface area (Å²) in [5.74, 6) is 0.953. The van der Waals surface area contributed by atoms with Gasteiger partial charge < -0.3 is 14.8 Å². The molecule has 0 saturated carbocycles. The first-order valence-electron chi connectivity index (χ1n) is 7.57. The van der Waals surface area contributed by atoms with Crippen molar-refractivity contribution in [3.05, 3.63) is 58.1 Å². The molecule has 1 heterocycles. The summed E-state index contributed by atoms with van der Waals surface area (Å²) in [5, 5.41) is 6.28. The maximum absolute atomic E-state index is 12.1. The monoisotopic (exact) mass is 371 g/mol. The third-order valence-electron chi connectivity index (χ3n) is 3.74. The molecule has 3 rings (SSSR count). The first kappa shape index (κ1) is 17.6. The molecule has 0 saturated heterocycles. The zero-order valence-corrected chi connectivity index (χ0v) is 14.7. The fourth-order valence-electron chi connectivity index (χ4n) is 2.47. The summed E-state index contributed by atoms with van der Waals surface area (Å²) in [6.45, 7) is 0. The predicted molar refractivity (Wildman–Crippen MR) is 98.7 cm³/mol. The highest BCUT2D eigenvalue weighted by molar-refractivity contribution is 6.33. The van der Waals surface area contributed by atoms with Crippen LogP contribution in [0.15, 0.2) is 47.8 Å². The van der Waals surface area contributed by atoms with Crippen LogP contribution in [0, 0.1) is 4.91 Å². The minimum Gasteiger partial charge on any atom is -0.496 e. The highest BCUT2D eigenvalue weighted by atomic mass is 35.5. The topological polar surface area (TPSA) is 89.9 Å². The van der Waals surface area contributed by atoms with E-state index in [4.69, 9.17) is 21.1 Å². The number of amides is 1. The molecular weight excluding hydrogens is 358 g/mol. The van der Waals surface area contributed by atoms with Gasteiger partial charge in [0.25, 0.3) is 5.91 Å². The Kier molecular flexibility index (Phi) is 4.99. The van der Waals surface area contributed by atoms with Gasteiger partial charge >= 0.3 is 0 Å². The fraction of sp³-hybridized carbons (Fsp3) is 0.111. The van der Waals surface area contributed by atoms with Crippen LogP contribution in [-0.4, -0.2) is 25.0 Å². The normalized spacial score (nSPS) is 10.4. The molecule has 0 spiro atoms. The van der Waals surface area contributed by atoms with Crippen LogP contribution < -0.4 is 14.8 Å². The Morgan fingerprint density at radius 1 is 1.19 bits per heavy atom. The second-order valence-electron chi connectivity index (χ2n) is 5.26. The van der Waals surface area contributed by atoms with Crippen LogP contribution in [0.1, 0.15) is 10.4 Å². The van der Waals surface area contributed by atoms with Crippen molar-refractivity contribution in [2.45, 2.75) is 0 Å². The van der Waals surface area contributed by atoms with Crippen LogP contribution in [0.25, 0.3) is 10.9 Å². The molecule has 0 aliphatic rings. The minimum atomic E-state index is -0.294. The van der Waals surface area contributed by atoms with E-state index in [-0.39, 0.29) is 16.6 Å². The molecule has 1 aromatic heterocycles. The van der Waals surface area contributed by atoms with Crippen LogP contribution in [0.3, 0.4) is 0 Å². The van der Waals surface area contributed by atoms with Crippen molar-refractivity contribution in [3.63, 3.8) is 0 Å². The summed E-state index contributed by atoms with van der Waals surface area (Å²) >= 11 is 5.88. The molecular formula is C18H14ClN3O4. The van der Waals surface area contributed by atoms with Crippen molar-refractivity contribution in [1.29, 1.82) is 0 Å². The Morgan fingerprint density at radius 2 is 2.00 bits per heavy atom. The zero-order chi connectivity index (χ0) is 18.7. The lowest BCUT2D eigenvalue weighted by atomic mass is 10.1. The second kappa shape index (κ2) is 7.37. The quantitative estimate of drug-likeness (QED) is 0.669. The van der Waals surface area contributed by atoms with E-state index in [0.717, 1.165) is 0 Å². The number of carbonyl (C=O) groups excluding carboxylic acids is 1. The van der Waals surface area contributed by atoms with E-state index in [1.807, 2.05) is 0 Å². The van der Waals surface area contributed by atoms with Gasteiger partial charge in [-0.1, -0.05) is 11.6 Å². The van der Waals surface area contributed by atoms with Gasteiger partial charge in [0.15, 0.2) is 0 Å². The number of nitrogens with one attached hydrogen (secondary N) is 1. The fourth-order valence-corrected chi connectivity index (χ4v) is 2.62. The number of nitrogens with zero attached hydrogens (tertiary/aromatic N) is 2. The summed E-state index contributed by atoms with van der Waals surface area (Å²) in [6.07, 6.45) is 1.57. The third kappa shape index (κ3) is 3.29. The van der Waals surface area contributed by atoms with E-state index >= 15 is 0 Å². The molecule has 1 amide bonds. The van der Waals surface area contributed by atoms with Crippen molar-refractivity contribution < 1.29 is 14.3 Å². The molecule has 0 bridgehead atoms. The van der Waals surface area contributed by atoms with Crippen molar-refractivity contribution in [3.8, 4) is 17.2 Å². The van der Waals surface area contributed by atoms with Crippen LogP contribution in [0.2, 0.25) is 5.02 Å². The lowest BCUT2D eigenvalue weighted by Gasteiger charge is -2.12. The molecule has 1 N–H and O–H groups in total. The highest BCUT2D eigenvalue weighted by Crippen LogP contribution is 2.35. The molecule has 0 radical (unpaired) electrons. The van der Waals surface area contributed by atoms with Gasteiger partial charge in [-0.25, -0.2) is 0 Å². The van der Waals surface area contributed by atoms with Crippen LogP contribution >= 0.6 is 11.6 Å². The van der Waals surface area contributed by atoms with E-state index < -0.39 is 0 Å². The summed E-state index contributed by atoms with van der Waals surface area (Å²) in [6, 6.07) is 9.54. The number of ether oxygens (including phenoxy) is 2. The molecule has 0 aliphatic heterocycles. The average molecular weight is 372 g/mol. The number of pyridine rings is 1. The predicted octanol–water partition coefficient (Wildman–Crippen LogP) is 4.45. The average Bonchev–Trinajstić information content (AvgIpc) is 2.68. The van der Waals surface area contributed by atoms with Gasteiger partial charge in [0.2, 0.25) is 0 Å². The number of hydrogen-bond donors (Lipinski definition) is 1. The van der Waals surface area contributed by atoms with Crippen molar-refractivity contribution in [2.24, 2.45) is 5.18 Å². The van der Waals surface area contributed by atoms with E-state index in [1.165, 1.54) is 26.3 Å². The Morgan fingerprint density at radius 3 is 2.69 bits per heavy atom. The third-order valence-corrected chi connectivity index (χ3v) is 4.06. The Bertz CT molecular complexity index is 1010. The first-order chi connectivity index (χ1) is 12.6. The Balaban J connectivity index is 2.11. The second-order valence-corrected chi connectivity index (χ2v) is 5.67. The molecule has 3 aromatic rings. The van der Waals surface area contributed by atoms with Crippen LogP contribution in [0.5, 0.6) is 17.2 Å². The van der Waals surface area contributed by atoms with E-state index in [2.05, 4.69) is 15.5 Å². The number of methoxy groups -OCH3 is 1. The summed E-state index contributed by atoms with van der Waals surface area (Å²) < 4.78 is 11.1. The standard InChI is InChI=1S/C18H14ClN3O4/c1-20-18(23)12-8-11-14(9-17(12)25-2)21-6-5-16(11)26-10-3-4-13(19)15(7-10)22-24/h3-9H,1-2H3,(H,20,23). The van der Waals surface area contributed by atoms with Gasteiger partial charge in [-0.05, 0) is 29.4 Å². The summed E-state index contributed by atoms with van der Waals surface area (Å²) in [7, 11) is 3.02. The number of aromatic nitrogens is 1. The maximum Gasteiger partial charge on any atom is 0.254 e. The number of rotatable bonds is 5. The lowest BCUT2D eigenvalue weighted by molar-refractivity contribution is 0.0960. The number of halogens is 1. The minimum absolute atomic E-state index is 0.0789. The van der Waals surface area contributed by atoms with E-state index in [9.17, 15) is 9.70 Å². The van der Waals surface area contributed by atoms with Gasteiger partial charge in [-0.2, -0.15) is 0 Å². The maximum atomic E-state index is 12.1. The molecule has 0 aliphatic carbocycles. The molecule has 132 valence electrons. The molecule has 26 heavy (non-hydrogen) atoms. The van der Waals surface area contributed by atoms with Crippen LogP contribution in [-0.2, 0) is 0 Å². The first-order valence-corrected chi connectivity index (χ1v) is 7.94. The summed E-state index contributed by atoms with van der Waals surface area (Å²) in [4.78, 5) is 27.2. The number of hydrogen-bond acceptors (Lipinski definition) is 6. The zero-order valence-electron chi connectivity index (χ0n) is 13.9. The van der Waals surface area contributed by atoms with Gasteiger partial charge in [0, 0.05) is 30.8 Å². The molecule has 0 unspecified atom stereocenters. The summed E-state index contributed by atoms with van der Waals surface area (Å²) in [5.41, 5.74) is 1.02. The molecule has 8 heteroatoms. The van der Waals surface area contributed by atoms with E-state index in [1.54, 1.807) is 30.5 Å². The van der Waals surface area contributed by atoms with Crippen molar-refractivity contribution in [1.82, 2.24) is 10.3 Å².